The van der Waals surface area contributed by atoms with Crippen LogP contribution in [0.4, 0.5) is 0 Å². The topological polar surface area (TPSA) is 70.5 Å². The molecule has 0 aliphatic heterocycles. The van der Waals surface area contributed by atoms with Crippen molar-refractivity contribution in [1.82, 2.24) is 20.5 Å². The van der Waals surface area contributed by atoms with Gasteiger partial charge in [-0.05, 0) is 36.8 Å². The van der Waals surface area contributed by atoms with Crippen molar-refractivity contribution in [2.24, 2.45) is 4.99 Å². The zero-order chi connectivity index (χ0) is 19.6. The van der Waals surface area contributed by atoms with Gasteiger partial charge < -0.3 is 20.5 Å². The molecule has 0 bridgehead atoms. The summed E-state index contributed by atoms with van der Waals surface area (Å²) >= 11 is 0. The minimum absolute atomic E-state index is 0.134. The summed E-state index contributed by atoms with van der Waals surface area (Å²) in [6, 6.07) is 11.0. The van der Waals surface area contributed by atoms with Crippen molar-refractivity contribution in [3.8, 4) is 0 Å². The zero-order valence-electron chi connectivity index (χ0n) is 16.9. The molecule has 2 aromatic rings. The van der Waals surface area contributed by atoms with E-state index in [0.29, 0.717) is 19.0 Å². The summed E-state index contributed by atoms with van der Waals surface area (Å²) in [5, 5.41) is 11.0. The lowest BCUT2D eigenvalue weighted by Gasteiger charge is -2.22. The molecule has 152 valence electrons. The predicted molar refractivity (Wildman–Crippen MR) is 116 cm³/mol. The van der Waals surface area contributed by atoms with Crippen molar-refractivity contribution in [2.75, 3.05) is 20.1 Å². The molecule has 0 spiro atoms. The second-order valence-electron chi connectivity index (χ2n) is 7.50. The number of carbonyl (C=O) groups excluding carboxylic acids is 1. The van der Waals surface area contributed by atoms with E-state index in [4.69, 9.17) is 0 Å². The normalized spacial score (nSPS) is 15.5. The third-order valence-electron chi connectivity index (χ3n) is 5.39. The maximum absolute atomic E-state index is 12.1. The molecule has 6 nitrogen and oxygen atoms in total. The van der Waals surface area contributed by atoms with E-state index in [0.717, 1.165) is 38.3 Å². The minimum Gasteiger partial charge on any atom is -0.356 e. The molecule has 3 rings (SSSR count). The first kappa shape index (κ1) is 20.2. The van der Waals surface area contributed by atoms with Gasteiger partial charge in [0.05, 0.1) is 0 Å². The van der Waals surface area contributed by atoms with Crippen LogP contribution in [0.15, 0.2) is 41.5 Å². The molecule has 1 heterocycles. The minimum atomic E-state index is 0.134. The second kappa shape index (κ2) is 10.7. The fourth-order valence-corrected chi connectivity index (χ4v) is 3.85. The number of fused-ring (bicyclic) bond motifs is 1. The smallest absolute Gasteiger partial charge is 0.221 e. The van der Waals surface area contributed by atoms with Crippen molar-refractivity contribution in [3.05, 3.63) is 36.5 Å². The van der Waals surface area contributed by atoms with E-state index in [1.807, 2.05) is 0 Å². The van der Waals surface area contributed by atoms with Crippen molar-refractivity contribution < 1.29 is 4.79 Å². The van der Waals surface area contributed by atoms with Gasteiger partial charge in [0.1, 0.15) is 0 Å². The fourth-order valence-electron chi connectivity index (χ4n) is 3.85. The van der Waals surface area contributed by atoms with E-state index in [-0.39, 0.29) is 5.91 Å². The molecule has 1 aromatic carbocycles. The Bertz CT molecular complexity index is 776. The van der Waals surface area contributed by atoms with Gasteiger partial charge in [0.15, 0.2) is 5.96 Å². The van der Waals surface area contributed by atoms with Crippen LogP contribution in [0, 0.1) is 0 Å². The summed E-state index contributed by atoms with van der Waals surface area (Å²) in [6.07, 6.45) is 9.64. The Kier molecular flexibility index (Phi) is 7.76. The third kappa shape index (κ3) is 6.01. The lowest BCUT2D eigenvalue weighted by molar-refractivity contribution is -0.121. The molecule has 0 unspecified atom stereocenters. The van der Waals surface area contributed by atoms with Gasteiger partial charge in [-0.1, -0.05) is 37.5 Å². The van der Waals surface area contributed by atoms with E-state index in [1.165, 1.54) is 30.2 Å². The molecule has 1 aromatic heterocycles. The second-order valence-corrected chi connectivity index (χ2v) is 7.50. The van der Waals surface area contributed by atoms with E-state index < -0.39 is 0 Å². The Labute approximate surface area is 167 Å². The lowest BCUT2D eigenvalue weighted by atomic mass is 9.95. The highest BCUT2D eigenvalue weighted by Gasteiger charge is 2.15. The quantitative estimate of drug-likeness (QED) is 0.373. The first-order valence-electron chi connectivity index (χ1n) is 10.5. The van der Waals surface area contributed by atoms with Gasteiger partial charge in [0, 0.05) is 50.9 Å². The number of aromatic nitrogens is 1. The van der Waals surface area contributed by atoms with Crippen LogP contribution in [0.5, 0.6) is 0 Å². The number of nitrogens with zero attached hydrogens (tertiary/aromatic N) is 2. The Morgan fingerprint density at radius 2 is 1.89 bits per heavy atom. The number of guanidine groups is 1. The molecule has 1 amide bonds. The summed E-state index contributed by atoms with van der Waals surface area (Å²) in [6.45, 7) is 2.39. The molecule has 0 saturated heterocycles. The highest BCUT2D eigenvalue weighted by molar-refractivity contribution is 5.81. The van der Waals surface area contributed by atoms with Crippen molar-refractivity contribution in [1.29, 1.82) is 0 Å². The molecule has 1 fully saturated rings. The van der Waals surface area contributed by atoms with Crippen molar-refractivity contribution in [3.63, 3.8) is 0 Å². The summed E-state index contributed by atoms with van der Waals surface area (Å²) in [5.74, 6) is 0.886. The van der Waals surface area contributed by atoms with Crippen LogP contribution in [0.25, 0.3) is 10.9 Å². The highest BCUT2D eigenvalue weighted by Crippen LogP contribution is 2.17. The Morgan fingerprint density at radius 3 is 2.71 bits per heavy atom. The SMILES string of the molecule is CN=C(NCCCn1ccc2ccccc21)NCCC(=O)NC1CCCCC1. The summed E-state index contributed by atoms with van der Waals surface area (Å²) in [4.78, 5) is 16.3. The first-order valence-corrected chi connectivity index (χ1v) is 10.5. The number of para-hydroxylation sites is 1. The molecule has 1 saturated carbocycles. The summed E-state index contributed by atoms with van der Waals surface area (Å²) < 4.78 is 2.28. The maximum Gasteiger partial charge on any atom is 0.221 e. The fraction of sp³-hybridized carbons (Fsp3) is 0.545. The average Bonchev–Trinajstić information content (AvgIpc) is 3.13. The van der Waals surface area contributed by atoms with Crippen LogP contribution >= 0.6 is 0 Å². The standard InChI is InChI=1S/C22H33N5O/c1-23-22(25-15-12-21(28)26-19-9-3-2-4-10-19)24-14-7-16-27-17-13-18-8-5-6-11-20(18)27/h5-6,8,11,13,17,19H,2-4,7,9-10,12,14-16H2,1H3,(H,26,28)(H2,23,24,25). The zero-order valence-corrected chi connectivity index (χ0v) is 16.9. The van der Waals surface area contributed by atoms with Crippen LogP contribution in [-0.4, -0.2) is 42.6 Å². The molecular weight excluding hydrogens is 350 g/mol. The number of nitrogens with one attached hydrogen (secondary N) is 3. The molecule has 6 heteroatoms. The highest BCUT2D eigenvalue weighted by atomic mass is 16.1. The number of amides is 1. The molecular formula is C22H33N5O. The van der Waals surface area contributed by atoms with E-state index in [1.54, 1.807) is 7.05 Å². The van der Waals surface area contributed by atoms with Gasteiger partial charge in [0.25, 0.3) is 0 Å². The van der Waals surface area contributed by atoms with E-state index >= 15 is 0 Å². The van der Waals surface area contributed by atoms with Gasteiger partial charge >= 0.3 is 0 Å². The number of aliphatic imine (C=N–C) groups is 1. The molecule has 0 atom stereocenters. The van der Waals surface area contributed by atoms with Crippen LogP contribution in [0.1, 0.15) is 44.9 Å². The number of rotatable bonds is 8. The predicted octanol–water partition coefficient (Wildman–Crippen LogP) is 3.04. The van der Waals surface area contributed by atoms with Gasteiger partial charge in [0.2, 0.25) is 5.91 Å². The van der Waals surface area contributed by atoms with Crippen LogP contribution in [-0.2, 0) is 11.3 Å². The van der Waals surface area contributed by atoms with Crippen LogP contribution in [0.2, 0.25) is 0 Å². The molecule has 1 aliphatic rings. The Balaban J connectivity index is 1.30. The Hall–Kier alpha value is -2.50. The number of benzene rings is 1. The Morgan fingerprint density at radius 1 is 1.11 bits per heavy atom. The van der Waals surface area contributed by atoms with E-state index in [9.17, 15) is 4.79 Å². The van der Waals surface area contributed by atoms with Gasteiger partial charge in [-0.3, -0.25) is 9.79 Å². The monoisotopic (exact) mass is 383 g/mol. The summed E-state index contributed by atoms with van der Waals surface area (Å²) in [5.41, 5.74) is 1.27. The van der Waals surface area contributed by atoms with Crippen molar-refractivity contribution >= 4 is 22.8 Å². The largest absolute Gasteiger partial charge is 0.356 e. The maximum atomic E-state index is 12.1. The first-order chi connectivity index (χ1) is 13.8. The van der Waals surface area contributed by atoms with Crippen LogP contribution in [0.3, 0.4) is 0 Å². The number of hydrogen-bond donors (Lipinski definition) is 3. The van der Waals surface area contributed by atoms with Gasteiger partial charge in [-0.25, -0.2) is 0 Å². The number of aryl methyl sites for hydroxylation is 1. The molecule has 1 aliphatic carbocycles. The average molecular weight is 384 g/mol. The molecule has 3 N–H and O–H groups in total. The van der Waals surface area contributed by atoms with Gasteiger partial charge in [-0.2, -0.15) is 0 Å². The molecule has 28 heavy (non-hydrogen) atoms. The number of hydrogen-bond acceptors (Lipinski definition) is 2. The lowest BCUT2D eigenvalue weighted by Crippen LogP contribution is -2.41. The van der Waals surface area contributed by atoms with E-state index in [2.05, 4.69) is 62.0 Å². The third-order valence-corrected chi connectivity index (χ3v) is 5.39. The molecule has 0 radical (unpaired) electrons. The van der Waals surface area contributed by atoms with Crippen molar-refractivity contribution in [2.45, 2.75) is 57.5 Å². The number of carbonyl (C=O) groups is 1. The van der Waals surface area contributed by atoms with Gasteiger partial charge in [-0.15, -0.1) is 0 Å². The summed E-state index contributed by atoms with van der Waals surface area (Å²) in [7, 11) is 1.76. The van der Waals surface area contributed by atoms with Crippen LogP contribution < -0.4 is 16.0 Å².